The van der Waals surface area contributed by atoms with Crippen molar-refractivity contribution in [2.24, 2.45) is 17.8 Å². The Bertz CT molecular complexity index is 337. The molecule has 0 radical (unpaired) electrons. The topological polar surface area (TPSA) is 0 Å². The molecule has 2 aliphatic carbocycles. The summed E-state index contributed by atoms with van der Waals surface area (Å²) in [7, 11) is 0. The summed E-state index contributed by atoms with van der Waals surface area (Å²) in [6.45, 7) is 0. The summed E-state index contributed by atoms with van der Waals surface area (Å²) in [5.74, 6) is 3.00. The summed E-state index contributed by atoms with van der Waals surface area (Å²) in [5, 5.41) is 2.17. The Morgan fingerprint density at radius 1 is 1.36 bits per heavy atom. The molecule has 1 aromatic rings. The van der Waals surface area contributed by atoms with Gasteiger partial charge in [-0.15, -0.1) is 11.3 Å². The van der Waals surface area contributed by atoms with E-state index in [9.17, 15) is 0 Å². The van der Waals surface area contributed by atoms with Crippen LogP contribution in [0.4, 0.5) is 0 Å². The van der Waals surface area contributed by atoms with E-state index in [4.69, 9.17) is 0 Å². The van der Waals surface area contributed by atoms with Gasteiger partial charge >= 0.3 is 0 Å². The molecule has 76 valence electrons. The lowest BCUT2D eigenvalue weighted by molar-refractivity contribution is 0.586. The first-order valence-electron chi connectivity index (χ1n) is 5.16. The van der Waals surface area contributed by atoms with Gasteiger partial charge in [0.15, 0.2) is 0 Å². The summed E-state index contributed by atoms with van der Waals surface area (Å²) in [5.41, 5.74) is 0. The van der Waals surface area contributed by atoms with Crippen molar-refractivity contribution in [2.75, 3.05) is 0 Å². The van der Waals surface area contributed by atoms with Gasteiger partial charge in [0.1, 0.15) is 0 Å². The quantitative estimate of drug-likeness (QED) is 0.668. The summed E-state index contributed by atoms with van der Waals surface area (Å²) in [6, 6.07) is 2.16. The maximum absolute atomic E-state index is 3.88. The van der Waals surface area contributed by atoms with Gasteiger partial charge in [0.2, 0.25) is 0 Å². The standard InChI is InChI=1S/C11H12Br2S/c12-8-4-5-14-11(8)10(13)9-6-2-1-3-7(6)9/h4-7,9-10H,1-3H2. The highest BCUT2D eigenvalue weighted by Crippen LogP contribution is 2.65. The molecule has 3 heteroatoms. The minimum absolute atomic E-state index is 0.604. The molecule has 3 atom stereocenters. The van der Waals surface area contributed by atoms with E-state index in [0.29, 0.717) is 4.83 Å². The number of hydrogen-bond donors (Lipinski definition) is 0. The molecule has 0 bridgehead atoms. The number of fused-ring (bicyclic) bond motifs is 1. The third kappa shape index (κ3) is 1.43. The Hall–Kier alpha value is 0.660. The van der Waals surface area contributed by atoms with Crippen LogP contribution >= 0.6 is 43.2 Å². The lowest BCUT2D eigenvalue weighted by Crippen LogP contribution is -1.96. The molecule has 0 aromatic carbocycles. The third-order valence-corrected chi connectivity index (χ3v) is 7.03. The second kappa shape index (κ2) is 3.60. The summed E-state index contributed by atoms with van der Waals surface area (Å²) < 4.78 is 1.29. The van der Waals surface area contributed by atoms with E-state index in [2.05, 4.69) is 43.3 Å². The Balaban J connectivity index is 1.78. The molecule has 0 spiro atoms. The highest BCUT2D eigenvalue weighted by atomic mass is 79.9. The van der Waals surface area contributed by atoms with Crippen molar-refractivity contribution >= 4 is 43.2 Å². The van der Waals surface area contributed by atoms with E-state index < -0.39 is 0 Å². The Morgan fingerprint density at radius 3 is 2.64 bits per heavy atom. The van der Waals surface area contributed by atoms with Crippen LogP contribution in [0, 0.1) is 17.8 Å². The van der Waals surface area contributed by atoms with Gasteiger partial charge in [0.25, 0.3) is 0 Å². The second-order valence-electron chi connectivity index (χ2n) is 4.37. The van der Waals surface area contributed by atoms with Gasteiger partial charge in [-0.2, -0.15) is 0 Å². The minimum Gasteiger partial charge on any atom is -0.147 e. The molecule has 0 saturated heterocycles. The van der Waals surface area contributed by atoms with Crippen LogP contribution in [0.2, 0.25) is 0 Å². The largest absolute Gasteiger partial charge is 0.147 e. The Labute approximate surface area is 105 Å². The van der Waals surface area contributed by atoms with Crippen molar-refractivity contribution in [3.05, 3.63) is 20.8 Å². The molecule has 1 aromatic heterocycles. The fourth-order valence-corrected chi connectivity index (χ4v) is 6.30. The number of halogens is 2. The van der Waals surface area contributed by atoms with E-state index >= 15 is 0 Å². The fraction of sp³-hybridized carbons (Fsp3) is 0.636. The molecule has 3 unspecified atom stereocenters. The van der Waals surface area contributed by atoms with Gasteiger partial charge in [-0.05, 0) is 58.0 Å². The van der Waals surface area contributed by atoms with E-state index in [-0.39, 0.29) is 0 Å². The summed E-state index contributed by atoms with van der Waals surface area (Å²) in [4.78, 5) is 2.09. The minimum atomic E-state index is 0.604. The van der Waals surface area contributed by atoms with Crippen LogP contribution in [0.25, 0.3) is 0 Å². The predicted molar refractivity (Wildman–Crippen MR) is 68.0 cm³/mol. The summed E-state index contributed by atoms with van der Waals surface area (Å²) in [6.07, 6.45) is 4.41. The van der Waals surface area contributed by atoms with Crippen LogP contribution in [0.5, 0.6) is 0 Å². The van der Waals surface area contributed by atoms with Gasteiger partial charge in [-0.1, -0.05) is 22.4 Å². The van der Waals surface area contributed by atoms with Gasteiger partial charge in [0, 0.05) is 9.35 Å². The van der Waals surface area contributed by atoms with Gasteiger partial charge in [0.05, 0.1) is 4.83 Å². The number of hydrogen-bond acceptors (Lipinski definition) is 1. The van der Waals surface area contributed by atoms with Crippen LogP contribution in [0.15, 0.2) is 15.9 Å². The van der Waals surface area contributed by atoms with Crippen molar-refractivity contribution in [2.45, 2.75) is 24.1 Å². The second-order valence-corrected chi connectivity index (χ2v) is 7.16. The molecule has 0 N–H and O–H groups in total. The molecular weight excluding hydrogens is 324 g/mol. The molecule has 0 aliphatic heterocycles. The number of alkyl halides is 1. The summed E-state index contributed by atoms with van der Waals surface area (Å²) >= 11 is 9.37. The van der Waals surface area contributed by atoms with Crippen LogP contribution in [-0.2, 0) is 0 Å². The normalized spacial score (nSPS) is 36.9. The highest BCUT2D eigenvalue weighted by Gasteiger charge is 2.55. The van der Waals surface area contributed by atoms with E-state index in [1.54, 1.807) is 0 Å². The first-order chi connectivity index (χ1) is 6.79. The van der Waals surface area contributed by atoms with Gasteiger partial charge in [-0.25, -0.2) is 0 Å². The predicted octanol–water partition coefficient (Wildman–Crippen LogP) is 4.99. The van der Waals surface area contributed by atoms with Crippen molar-refractivity contribution in [1.29, 1.82) is 0 Å². The van der Waals surface area contributed by atoms with Gasteiger partial charge < -0.3 is 0 Å². The monoisotopic (exact) mass is 334 g/mol. The van der Waals surface area contributed by atoms with Gasteiger partial charge in [-0.3, -0.25) is 0 Å². The molecule has 0 amide bonds. The van der Waals surface area contributed by atoms with E-state index in [0.717, 1.165) is 17.8 Å². The molecule has 3 rings (SSSR count). The van der Waals surface area contributed by atoms with Crippen molar-refractivity contribution in [1.82, 2.24) is 0 Å². The molecular formula is C11H12Br2S. The van der Waals surface area contributed by atoms with E-state index in [1.165, 1.54) is 28.6 Å². The molecule has 14 heavy (non-hydrogen) atoms. The average molecular weight is 336 g/mol. The SMILES string of the molecule is Brc1ccsc1C(Br)C1C2CCCC21. The Morgan fingerprint density at radius 2 is 2.07 bits per heavy atom. The smallest absolute Gasteiger partial charge is 0.0534 e. The first-order valence-corrected chi connectivity index (χ1v) is 7.75. The lowest BCUT2D eigenvalue weighted by Gasteiger charge is -2.10. The third-order valence-electron chi connectivity index (χ3n) is 3.71. The molecule has 2 saturated carbocycles. The van der Waals surface area contributed by atoms with Crippen molar-refractivity contribution in [3.8, 4) is 0 Å². The average Bonchev–Trinajstić information content (AvgIpc) is 2.57. The van der Waals surface area contributed by atoms with Crippen LogP contribution in [0.3, 0.4) is 0 Å². The zero-order valence-electron chi connectivity index (χ0n) is 7.75. The Kier molecular flexibility index (Phi) is 2.53. The molecule has 0 nitrogen and oxygen atoms in total. The first kappa shape index (κ1) is 9.86. The fourth-order valence-electron chi connectivity index (χ4n) is 2.99. The van der Waals surface area contributed by atoms with Crippen LogP contribution in [-0.4, -0.2) is 0 Å². The number of rotatable bonds is 2. The highest BCUT2D eigenvalue weighted by molar-refractivity contribution is 9.11. The maximum Gasteiger partial charge on any atom is 0.0534 e. The van der Waals surface area contributed by atoms with Crippen molar-refractivity contribution in [3.63, 3.8) is 0 Å². The zero-order chi connectivity index (χ0) is 9.71. The lowest BCUT2D eigenvalue weighted by atomic mass is 10.1. The van der Waals surface area contributed by atoms with Crippen molar-refractivity contribution < 1.29 is 0 Å². The van der Waals surface area contributed by atoms with Crippen LogP contribution < -0.4 is 0 Å². The number of thiophene rings is 1. The van der Waals surface area contributed by atoms with E-state index in [1.807, 2.05) is 11.3 Å². The molecule has 1 heterocycles. The zero-order valence-corrected chi connectivity index (χ0v) is 11.7. The van der Waals surface area contributed by atoms with Crippen LogP contribution in [0.1, 0.15) is 29.0 Å². The molecule has 2 fully saturated rings. The molecule has 2 aliphatic rings. The maximum atomic E-state index is 3.88.